The molecule has 3 rings (SSSR count). The molecule has 0 aliphatic carbocycles. The zero-order valence-electron chi connectivity index (χ0n) is 13.4. The predicted octanol–water partition coefficient (Wildman–Crippen LogP) is 3.33. The summed E-state index contributed by atoms with van der Waals surface area (Å²) < 4.78 is 1.36. The molecule has 0 unspecified atom stereocenters. The van der Waals surface area contributed by atoms with E-state index in [2.05, 4.69) is 10.3 Å². The van der Waals surface area contributed by atoms with E-state index < -0.39 is 0 Å². The highest BCUT2D eigenvalue weighted by Gasteiger charge is 2.11. The van der Waals surface area contributed by atoms with E-state index in [4.69, 9.17) is 23.2 Å². The van der Waals surface area contributed by atoms with E-state index in [1.807, 2.05) is 6.07 Å². The first-order chi connectivity index (χ1) is 12.0. The second kappa shape index (κ2) is 7.25. The van der Waals surface area contributed by atoms with Gasteiger partial charge in [-0.05, 0) is 36.8 Å². The number of aryl methyl sites for hydroxylation is 1. The second-order valence-corrected chi connectivity index (χ2v) is 6.42. The van der Waals surface area contributed by atoms with Crippen molar-refractivity contribution in [1.29, 1.82) is 0 Å². The molecule has 25 heavy (non-hydrogen) atoms. The SMILES string of the molecule is Cc1nc2ccccc2c(=O)n1CC(=O)NCc1ccc(Cl)cc1Cl. The van der Waals surface area contributed by atoms with Crippen molar-refractivity contribution in [3.05, 3.63) is 74.3 Å². The average molecular weight is 376 g/mol. The summed E-state index contributed by atoms with van der Waals surface area (Å²) in [6, 6.07) is 12.1. The Labute approximate surface area is 154 Å². The van der Waals surface area contributed by atoms with Crippen molar-refractivity contribution in [1.82, 2.24) is 14.9 Å². The van der Waals surface area contributed by atoms with Gasteiger partial charge in [0.15, 0.2) is 0 Å². The third-order valence-corrected chi connectivity index (χ3v) is 4.43. The van der Waals surface area contributed by atoms with Crippen LogP contribution < -0.4 is 10.9 Å². The van der Waals surface area contributed by atoms with Crippen LogP contribution in [0.5, 0.6) is 0 Å². The first kappa shape index (κ1) is 17.5. The lowest BCUT2D eigenvalue weighted by atomic mass is 10.2. The van der Waals surface area contributed by atoms with Crippen molar-refractivity contribution in [3.8, 4) is 0 Å². The summed E-state index contributed by atoms with van der Waals surface area (Å²) in [5, 5.41) is 4.26. The number of carbonyl (C=O) groups excluding carboxylic acids is 1. The number of nitrogens with zero attached hydrogens (tertiary/aromatic N) is 2. The molecule has 0 spiro atoms. The molecule has 0 aliphatic rings. The summed E-state index contributed by atoms with van der Waals surface area (Å²) in [6.45, 7) is 1.86. The van der Waals surface area contributed by atoms with Crippen molar-refractivity contribution < 1.29 is 4.79 Å². The van der Waals surface area contributed by atoms with E-state index in [0.29, 0.717) is 26.8 Å². The Kier molecular flexibility index (Phi) is 5.06. The minimum Gasteiger partial charge on any atom is -0.350 e. The summed E-state index contributed by atoms with van der Waals surface area (Å²) in [6.07, 6.45) is 0. The summed E-state index contributed by atoms with van der Waals surface area (Å²) in [5.41, 5.74) is 1.14. The number of hydrogen-bond donors (Lipinski definition) is 1. The number of nitrogens with one attached hydrogen (secondary N) is 1. The molecule has 1 N–H and O–H groups in total. The van der Waals surface area contributed by atoms with Gasteiger partial charge < -0.3 is 5.32 Å². The summed E-state index contributed by atoms with van der Waals surface area (Å²) >= 11 is 11.9. The zero-order chi connectivity index (χ0) is 18.0. The number of rotatable bonds is 4. The van der Waals surface area contributed by atoms with Crippen LogP contribution in [-0.2, 0) is 17.9 Å². The Morgan fingerprint density at radius 2 is 1.96 bits per heavy atom. The smallest absolute Gasteiger partial charge is 0.261 e. The topological polar surface area (TPSA) is 64.0 Å². The van der Waals surface area contributed by atoms with Crippen LogP contribution in [0.1, 0.15) is 11.4 Å². The highest BCUT2D eigenvalue weighted by molar-refractivity contribution is 6.35. The van der Waals surface area contributed by atoms with Crippen molar-refractivity contribution in [2.45, 2.75) is 20.0 Å². The van der Waals surface area contributed by atoms with Gasteiger partial charge in [0.2, 0.25) is 5.91 Å². The molecule has 1 heterocycles. The number of para-hydroxylation sites is 1. The molecule has 0 bridgehead atoms. The molecule has 128 valence electrons. The highest BCUT2D eigenvalue weighted by Crippen LogP contribution is 2.20. The molecular formula is C18H15Cl2N3O2. The Balaban J connectivity index is 1.77. The third kappa shape index (κ3) is 3.83. The van der Waals surface area contributed by atoms with Gasteiger partial charge in [-0.2, -0.15) is 0 Å². The first-order valence-corrected chi connectivity index (χ1v) is 8.38. The lowest BCUT2D eigenvalue weighted by Crippen LogP contribution is -2.33. The first-order valence-electron chi connectivity index (χ1n) is 7.62. The lowest BCUT2D eigenvalue weighted by molar-refractivity contribution is -0.121. The summed E-state index contributed by atoms with van der Waals surface area (Å²) in [4.78, 5) is 29.2. The Hall–Kier alpha value is -2.37. The summed E-state index contributed by atoms with van der Waals surface area (Å²) in [5.74, 6) is 0.191. The van der Waals surface area contributed by atoms with Crippen molar-refractivity contribution in [2.24, 2.45) is 0 Å². The number of benzene rings is 2. The molecule has 1 amide bonds. The number of halogens is 2. The van der Waals surface area contributed by atoms with Gasteiger partial charge in [-0.3, -0.25) is 14.2 Å². The maximum atomic E-state index is 12.6. The zero-order valence-corrected chi connectivity index (χ0v) is 14.9. The minimum absolute atomic E-state index is 0.103. The van der Waals surface area contributed by atoms with Crippen LogP contribution in [-0.4, -0.2) is 15.5 Å². The molecule has 0 aliphatic heterocycles. The standard InChI is InChI=1S/C18H15Cl2N3O2/c1-11-22-16-5-3-2-4-14(16)18(25)23(11)10-17(24)21-9-12-6-7-13(19)8-15(12)20/h2-8H,9-10H2,1H3,(H,21,24). The van der Waals surface area contributed by atoms with Crippen LogP contribution >= 0.6 is 23.2 Å². The van der Waals surface area contributed by atoms with Crippen LogP contribution in [0.3, 0.4) is 0 Å². The van der Waals surface area contributed by atoms with Gasteiger partial charge in [0.05, 0.1) is 10.9 Å². The normalized spacial score (nSPS) is 10.8. The van der Waals surface area contributed by atoms with Gasteiger partial charge in [-0.25, -0.2) is 4.98 Å². The van der Waals surface area contributed by atoms with Crippen molar-refractivity contribution in [2.75, 3.05) is 0 Å². The third-order valence-electron chi connectivity index (χ3n) is 3.85. The van der Waals surface area contributed by atoms with Crippen molar-refractivity contribution >= 4 is 40.0 Å². The van der Waals surface area contributed by atoms with Gasteiger partial charge in [-0.1, -0.05) is 41.4 Å². The highest BCUT2D eigenvalue weighted by atomic mass is 35.5. The molecule has 0 saturated carbocycles. The second-order valence-electron chi connectivity index (χ2n) is 5.58. The molecule has 2 aromatic carbocycles. The monoisotopic (exact) mass is 375 g/mol. The predicted molar refractivity (Wildman–Crippen MR) is 99.0 cm³/mol. The van der Waals surface area contributed by atoms with Crippen molar-refractivity contribution in [3.63, 3.8) is 0 Å². The molecule has 7 heteroatoms. The van der Waals surface area contributed by atoms with Crippen LogP contribution in [0.2, 0.25) is 10.0 Å². The fourth-order valence-electron chi connectivity index (χ4n) is 2.52. The van der Waals surface area contributed by atoms with Gasteiger partial charge in [0.1, 0.15) is 12.4 Å². The van der Waals surface area contributed by atoms with Crippen LogP contribution in [0, 0.1) is 6.92 Å². The van der Waals surface area contributed by atoms with Crippen LogP contribution in [0.15, 0.2) is 47.3 Å². The molecule has 3 aromatic rings. The maximum absolute atomic E-state index is 12.6. The van der Waals surface area contributed by atoms with E-state index in [1.54, 1.807) is 43.3 Å². The van der Waals surface area contributed by atoms with Gasteiger partial charge >= 0.3 is 0 Å². The molecule has 5 nitrogen and oxygen atoms in total. The molecule has 1 aromatic heterocycles. The van der Waals surface area contributed by atoms with Crippen LogP contribution in [0.4, 0.5) is 0 Å². The molecule has 0 saturated heterocycles. The molecule has 0 atom stereocenters. The van der Waals surface area contributed by atoms with Gasteiger partial charge in [0, 0.05) is 16.6 Å². The van der Waals surface area contributed by atoms with Gasteiger partial charge in [-0.15, -0.1) is 0 Å². The van der Waals surface area contributed by atoms with Gasteiger partial charge in [0.25, 0.3) is 5.56 Å². The van der Waals surface area contributed by atoms with E-state index in [1.165, 1.54) is 4.57 Å². The Morgan fingerprint density at radius 1 is 1.20 bits per heavy atom. The van der Waals surface area contributed by atoms with E-state index in [0.717, 1.165) is 5.56 Å². The molecule has 0 radical (unpaired) electrons. The minimum atomic E-state index is -0.298. The fraction of sp³-hybridized carbons (Fsp3) is 0.167. The number of aromatic nitrogens is 2. The maximum Gasteiger partial charge on any atom is 0.261 e. The van der Waals surface area contributed by atoms with Crippen LogP contribution in [0.25, 0.3) is 10.9 Å². The number of hydrogen-bond acceptors (Lipinski definition) is 3. The quantitative estimate of drug-likeness (QED) is 0.760. The number of fused-ring (bicyclic) bond motifs is 1. The molecule has 0 fully saturated rings. The Bertz CT molecular complexity index is 1010. The molecular weight excluding hydrogens is 361 g/mol. The Morgan fingerprint density at radius 3 is 2.72 bits per heavy atom. The van der Waals surface area contributed by atoms with E-state index in [-0.39, 0.29) is 24.6 Å². The van der Waals surface area contributed by atoms with E-state index >= 15 is 0 Å². The average Bonchev–Trinajstić information content (AvgIpc) is 2.58. The largest absolute Gasteiger partial charge is 0.350 e. The number of amides is 1. The summed E-state index contributed by atoms with van der Waals surface area (Å²) in [7, 11) is 0. The number of carbonyl (C=O) groups is 1. The lowest BCUT2D eigenvalue weighted by Gasteiger charge is -2.11. The fourth-order valence-corrected chi connectivity index (χ4v) is 3.00. The van der Waals surface area contributed by atoms with E-state index in [9.17, 15) is 9.59 Å².